The highest BCUT2D eigenvalue weighted by Crippen LogP contribution is 2.34. The summed E-state index contributed by atoms with van der Waals surface area (Å²) in [5.74, 6) is 2.50. The van der Waals surface area contributed by atoms with E-state index in [1.54, 1.807) is 11.3 Å². The smallest absolute Gasteiger partial charge is 0.224 e. The van der Waals surface area contributed by atoms with Gasteiger partial charge in [-0.25, -0.2) is 4.98 Å². The van der Waals surface area contributed by atoms with E-state index in [1.165, 1.54) is 6.42 Å². The first-order valence-electron chi connectivity index (χ1n) is 6.31. The molecule has 2 aromatic heterocycles. The fourth-order valence-electron chi connectivity index (χ4n) is 2.56. The molecular formula is C13H16ClN3S. The molecule has 3 heterocycles. The van der Waals surface area contributed by atoms with Crippen LogP contribution in [0.2, 0.25) is 5.28 Å². The number of hydrogen-bond acceptors (Lipinski definition) is 4. The Balaban J connectivity index is 1.97. The highest BCUT2D eigenvalue weighted by atomic mass is 35.5. The van der Waals surface area contributed by atoms with Crippen LogP contribution in [0.1, 0.15) is 20.3 Å². The number of nitrogens with zero attached hydrogens (tertiary/aromatic N) is 3. The Kier molecular flexibility index (Phi) is 3.16. The maximum absolute atomic E-state index is 6.01. The number of fused-ring (bicyclic) bond motifs is 1. The summed E-state index contributed by atoms with van der Waals surface area (Å²) in [7, 11) is 0. The van der Waals surface area contributed by atoms with Gasteiger partial charge in [0.15, 0.2) is 5.82 Å². The van der Waals surface area contributed by atoms with Gasteiger partial charge in [-0.05, 0) is 41.3 Å². The van der Waals surface area contributed by atoms with Crippen molar-refractivity contribution in [1.29, 1.82) is 0 Å². The third-order valence-corrected chi connectivity index (χ3v) is 4.79. The Morgan fingerprint density at radius 3 is 3.00 bits per heavy atom. The lowest BCUT2D eigenvalue weighted by Crippen LogP contribution is -2.22. The SMILES string of the molecule is CC(C)C1CCN(c2nc(Cl)nc3ccsc23)C1. The third-order valence-electron chi connectivity index (χ3n) is 3.73. The summed E-state index contributed by atoms with van der Waals surface area (Å²) < 4.78 is 1.16. The third kappa shape index (κ3) is 2.08. The van der Waals surface area contributed by atoms with Crippen LogP contribution in [-0.4, -0.2) is 23.1 Å². The Labute approximate surface area is 116 Å². The first kappa shape index (κ1) is 12.2. The van der Waals surface area contributed by atoms with Crippen LogP contribution in [0.5, 0.6) is 0 Å². The number of aromatic nitrogens is 2. The molecule has 0 bridgehead atoms. The number of rotatable bonds is 2. The zero-order chi connectivity index (χ0) is 12.7. The van der Waals surface area contributed by atoms with Gasteiger partial charge in [0.2, 0.25) is 5.28 Å². The minimum Gasteiger partial charge on any atom is -0.355 e. The number of thiophene rings is 1. The van der Waals surface area contributed by atoms with Gasteiger partial charge in [0.1, 0.15) is 0 Å². The van der Waals surface area contributed by atoms with Gasteiger partial charge >= 0.3 is 0 Å². The molecule has 1 atom stereocenters. The Morgan fingerprint density at radius 2 is 2.28 bits per heavy atom. The summed E-state index contributed by atoms with van der Waals surface area (Å²) in [6, 6.07) is 2.01. The Bertz CT molecular complexity index is 566. The van der Waals surface area contributed by atoms with E-state index in [-0.39, 0.29) is 0 Å². The highest BCUT2D eigenvalue weighted by molar-refractivity contribution is 7.17. The second kappa shape index (κ2) is 4.67. The van der Waals surface area contributed by atoms with Crippen molar-refractivity contribution < 1.29 is 0 Å². The van der Waals surface area contributed by atoms with Gasteiger partial charge in [-0.2, -0.15) is 4.98 Å². The average molecular weight is 282 g/mol. The molecule has 0 aliphatic carbocycles. The standard InChI is InChI=1S/C13H16ClN3S/c1-8(2)9-3-5-17(7-9)12-11-10(4-6-18-11)15-13(14)16-12/h4,6,8-9H,3,5,7H2,1-2H3. The van der Waals surface area contributed by atoms with E-state index in [4.69, 9.17) is 11.6 Å². The van der Waals surface area contributed by atoms with E-state index < -0.39 is 0 Å². The Hall–Kier alpha value is -0.870. The van der Waals surface area contributed by atoms with Crippen molar-refractivity contribution >= 4 is 39.0 Å². The fraction of sp³-hybridized carbons (Fsp3) is 0.538. The van der Waals surface area contributed by atoms with Crippen LogP contribution in [0.25, 0.3) is 10.2 Å². The lowest BCUT2D eigenvalue weighted by molar-refractivity contribution is 0.422. The molecule has 0 aromatic carbocycles. The lowest BCUT2D eigenvalue weighted by atomic mass is 9.95. The van der Waals surface area contributed by atoms with Crippen molar-refractivity contribution in [3.05, 3.63) is 16.7 Å². The second-order valence-corrected chi connectivity index (χ2v) is 6.44. The predicted molar refractivity (Wildman–Crippen MR) is 77.6 cm³/mol. The van der Waals surface area contributed by atoms with Gasteiger partial charge in [0, 0.05) is 13.1 Å². The lowest BCUT2D eigenvalue weighted by Gasteiger charge is -2.19. The molecule has 1 fully saturated rings. The second-order valence-electron chi connectivity index (χ2n) is 5.19. The highest BCUT2D eigenvalue weighted by Gasteiger charge is 2.27. The van der Waals surface area contributed by atoms with E-state index in [2.05, 4.69) is 34.1 Å². The summed E-state index contributed by atoms with van der Waals surface area (Å²) in [4.78, 5) is 11.1. The summed E-state index contributed by atoms with van der Waals surface area (Å²) in [6.07, 6.45) is 1.24. The number of halogens is 1. The molecule has 2 aromatic rings. The summed E-state index contributed by atoms with van der Waals surface area (Å²) in [5.41, 5.74) is 0.961. The molecule has 3 rings (SSSR count). The predicted octanol–water partition coefficient (Wildman–Crippen LogP) is 3.83. The van der Waals surface area contributed by atoms with Crippen LogP contribution in [0.15, 0.2) is 11.4 Å². The maximum atomic E-state index is 6.01. The van der Waals surface area contributed by atoms with E-state index in [0.29, 0.717) is 5.28 Å². The summed E-state index contributed by atoms with van der Waals surface area (Å²) in [6.45, 7) is 6.74. The van der Waals surface area contributed by atoms with E-state index >= 15 is 0 Å². The molecule has 18 heavy (non-hydrogen) atoms. The van der Waals surface area contributed by atoms with E-state index in [1.807, 2.05) is 6.07 Å². The van der Waals surface area contributed by atoms with Crippen LogP contribution in [0.3, 0.4) is 0 Å². The van der Waals surface area contributed by atoms with Gasteiger partial charge in [-0.3, -0.25) is 0 Å². The van der Waals surface area contributed by atoms with Crippen molar-refractivity contribution in [2.45, 2.75) is 20.3 Å². The molecule has 0 N–H and O–H groups in total. The number of anilines is 1. The first-order chi connectivity index (χ1) is 8.65. The minimum atomic E-state index is 0.351. The zero-order valence-corrected chi connectivity index (χ0v) is 12.1. The van der Waals surface area contributed by atoms with Gasteiger partial charge < -0.3 is 4.90 Å². The molecule has 0 spiro atoms. The molecule has 0 amide bonds. The van der Waals surface area contributed by atoms with Crippen LogP contribution in [0, 0.1) is 11.8 Å². The van der Waals surface area contributed by atoms with Crippen LogP contribution in [-0.2, 0) is 0 Å². The largest absolute Gasteiger partial charge is 0.355 e. The molecule has 1 unspecified atom stereocenters. The van der Waals surface area contributed by atoms with Crippen molar-refractivity contribution in [3.63, 3.8) is 0 Å². The first-order valence-corrected chi connectivity index (χ1v) is 7.56. The normalized spacial score (nSPS) is 20.2. The van der Waals surface area contributed by atoms with Crippen molar-refractivity contribution in [3.8, 4) is 0 Å². The van der Waals surface area contributed by atoms with Gasteiger partial charge in [-0.15, -0.1) is 11.3 Å². The van der Waals surface area contributed by atoms with E-state index in [0.717, 1.165) is 41.0 Å². The van der Waals surface area contributed by atoms with E-state index in [9.17, 15) is 0 Å². The molecule has 5 heteroatoms. The fourth-order valence-corrected chi connectivity index (χ4v) is 3.58. The van der Waals surface area contributed by atoms with Crippen molar-refractivity contribution in [1.82, 2.24) is 9.97 Å². The monoisotopic (exact) mass is 281 g/mol. The molecule has 0 saturated carbocycles. The van der Waals surface area contributed by atoms with Crippen molar-refractivity contribution in [2.24, 2.45) is 11.8 Å². The van der Waals surface area contributed by atoms with Crippen LogP contribution < -0.4 is 4.90 Å². The molecule has 1 aliphatic rings. The van der Waals surface area contributed by atoms with Crippen molar-refractivity contribution in [2.75, 3.05) is 18.0 Å². The molecular weight excluding hydrogens is 266 g/mol. The quantitative estimate of drug-likeness (QED) is 0.784. The van der Waals surface area contributed by atoms with Crippen LogP contribution >= 0.6 is 22.9 Å². The molecule has 1 aliphatic heterocycles. The van der Waals surface area contributed by atoms with Gasteiger partial charge in [0.25, 0.3) is 0 Å². The molecule has 96 valence electrons. The minimum absolute atomic E-state index is 0.351. The molecule has 1 saturated heterocycles. The maximum Gasteiger partial charge on any atom is 0.224 e. The van der Waals surface area contributed by atoms with Crippen LogP contribution in [0.4, 0.5) is 5.82 Å². The average Bonchev–Trinajstić information content (AvgIpc) is 2.95. The topological polar surface area (TPSA) is 29.0 Å². The summed E-state index contributed by atoms with van der Waals surface area (Å²) >= 11 is 7.71. The number of hydrogen-bond donors (Lipinski definition) is 0. The molecule has 3 nitrogen and oxygen atoms in total. The Morgan fingerprint density at radius 1 is 1.44 bits per heavy atom. The van der Waals surface area contributed by atoms with Gasteiger partial charge in [0.05, 0.1) is 10.2 Å². The zero-order valence-electron chi connectivity index (χ0n) is 10.6. The summed E-state index contributed by atoms with van der Waals surface area (Å²) in [5, 5.41) is 2.40. The van der Waals surface area contributed by atoms with Gasteiger partial charge in [-0.1, -0.05) is 13.8 Å². The molecule has 0 radical (unpaired) electrons.